The lowest BCUT2D eigenvalue weighted by molar-refractivity contribution is 0.0920. The van der Waals surface area contributed by atoms with Gasteiger partial charge in [0, 0.05) is 12.1 Å². The van der Waals surface area contributed by atoms with Gasteiger partial charge in [-0.25, -0.2) is 8.78 Å². The van der Waals surface area contributed by atoms with E-state index in [9.17, 15) is 13.6 Å². The summed E-state index contributed by atoms with van der Waals surface area (Å²) in [5.41, 5.74) is 5.30. The topological polar surface area (TPSA) is 55.1 Å². The number of nitrogens with one attached hydrogen (secondary N) is 1. The fourth-order valence-electron chi connectivity index (χ4n) is 1.67. The van der Waals surface area contributed by atoms with Crippen LogP contribution in [0.15, 0.2) is 18.2 Å². The molecule has 0 aromatic heterocycles. The number of nitrogens with two attached hydrogens (primary N) is 1. The van der Waals surface area contributed by atoms with E-state index in [2.05, 4.69) is 5.32 Å². The summed E-state index contributed by atoms with van der Waals surface area (Å²) in [4.78, 5) is 11.9. The summed E-state index contributed by atoms with van der Waals surface area (Å²) in [7, 11) is 0. The lowest BCUT2D eigenvalue weighted by Gasteiger charge is -2.21. The van der Waals surface area contributed by atoms with Gasteiger partial charge >= 0.3 is 0 Å². The molecular formula is C13H18F2N2O. The summed E-state index contributed by atoms with van der Waals surface area (Å²) >= 11 is 0. The van der Waals surface area contributed by atoms with Crippen molar-refractivity contribution in [2.75, 3.05) is 6.54 Å². The number of hydrogen-bond donors (Lipinski definition) is 2. The highest BCUT2D eigenvalue weighted by molar-refractivity contribution is 5.94. The minimum absolute atomic E-state index is 0.119. The smallest absolute Gasteiger partial charge is 0.254 e. The molecule has 0 saturated heterocycles. The van der Waals surface area contributed by atoms with Gasteiger partial charge in [0.2, 0.25) is 0 Å². The van der Waals surface area contributed by atoms with Gasteiger partial charge in [0.1, 0.15) is 11.6 Å². The zero-order valence-corrected chi connectivity index (χ0v) is 10.5. The summed E-state index contributed by atoms with van der Waals surface area (Å²) in [6.07, 6.45) is 0.617. The maximum Gasteiger partial charge on any atom is 0.254 e. The van der Waals surface area contributed by atoms with E-state index in [0.717, 1.165) is 12.1 Å². The minimum atomic E-state index is -0.859. The Bertz CT molecular complexity index is 421. The highest BCUT2D eigenvalue weighted by Gasteiger charge is 2.18. The van der Waals surface area contributed by atoms with Crippen molar-refractivity contribution in [1.29, 1.82) is 0 Å². The lowest BCUT2D eigenvalue weighted by atomic mass is 10.0. The molecule has 0 spiro atoms. The normalized spacial score (nSPS) is 12.6. The molecule has 18 heavy (non-hydrogen) atoms. The second-order valence-corrected chi connectivity index (χ2v) is 4.53. The summed E-state index contributed by atoms with van der Waals surface area (Å²) < 4.78 is 26.1. The van der Waals surface area contributed by atoms with Crippen molar-refractivity contribution in [1.82, 2.24) is 5.32 Å². The fourth-order valence-corrected chi connectivity index (χ4v) is 1.67. The van der Waals surface area contributed by atoms with Crippen molar-refractivity contribution >= 4 is 5.91 Å². The monoisotopic (exact) mass is 256 g/mol. The van der Waals surface area contributed by atoms with Crippen molar-refractivity contribution in [2.45, 2.75) is 26.3 Å². The van der Waals surface area contributed by atoms with Crippen LogP contribution in [0.3, 0.4) is 0 Å². The van der Waals surface area contributed by atoms with E-state index in [1.165, 1.54) is 0 Å². The van der Waals surface area contributed by atoms with E-state index >= 15 is 0 Å². The van der Waals surface area contributed by atoms with Crippen molar-refractivity contribution in [3.63, 3.8) is 0 Å². The van der Waals surface area contributed by atoms with Crippen molar-refractivity contribution < 1.29 is 13.6 Å². The van der Waals surface area contributed by atoms with Gasteiger partial charge in [-0.1, -0.05) is 13.8 Å². The largest absolute Gasteiger partial charge is 0.349 e. The van der Waals surface area contributed by atoms with Crippen molar-refractivity contribution in [3.8, 4) is 0 Å². The van der Waals surface area contributed by atoms with Gasteiger partial charge in [-0.2, -0.15) is 0 Å². The van der Waals surface area contributed by atoms with Gasteiger partial charge in [0.15, 0.2) is 0 Å². The average Bonchev–Trinajstić information content (AvgIpc) is 2.27. The predicted molar refractivity (Wildman–Crippen MR) is 66.1 cm³/mol. The van der Waals surface area contributed by atoms with E-state index in [-0.39, 0.29) is 17.5 Å². The van der Waals surface area contributed by atoms with Crippen LogP contribution >= 0.6 is 0 Å². The van der Waals surface area contributed by atoms with Gasteiger partial charge in [-0.05, 0) is 31.0 Å². The van der Waals surface area contributed by atoms with Gasteiger partial charge in [-0.3, -0.25) is 4.79 Å². The van der Waals surface area contributed by atoms with Gasteiger partial charge in [0.05, 0.1) is 5.56 Å². The van der Waals surface area contributed by atoms with E-state index in [0.29, 0.717) is 19.0 Å². The van der Waals surface area contributed by atoms with Crippen LogP contribution in [0.2, 0.25) is 0 Å². The standard InChI is InChI=1S/C13H18F2N2O/c1-8(2)12(5-6-16)17-13(18)10-4-3-9(14)7-11(10)15/h3-4,7-8,12H,5-6,16H2,1-2H3,(H,17,18). The van der Waals surface area contributed by atoms with Crippen LogP contribution in [-0.4, -0.2) is 18.5 Å². The summed E-state index contributed by atoms with van der Waals surface area (Å²) in [5.74, 6) is -1.91. The van der Waals surface area contributed by atoms with Crippen LogP contribution in [0.4, 0.5) is 8.78 Å². The van der Waals surface area contributed by atoms with Gasteiger partial charge in [-0.15, -0.1) is 0 Å². The third-order valence-electron chi connectivity index (χ3n) is 2.77. The second kappa shape index (κ2) is 6.44. The highest BCUT2D eigenvalue weighted by Crippen LogP contribution is 2.11. The molecule has 0 fully saturated rings. The van der Waals surface area contributed by atoms with Crippen LogP contribution in [0.1, 0.15) is 30.6 Å². The molecule has 1 unspecified atom stereocenters. The van der Waals surface area contributed by atoms with Crippen LogP contribution in [0.25, 0.3) is 0 Å². The molecule has 1 aromatic carbocycles. The number of benzene rings is 1. The maximum absolute atomic E-state index is 13.4. The first-order valence-corrected chi connectivity index (χ1v) is 5.91. The molecule has 1 atom stereocenters. The fraction of sp³-hybridized carbons (Fsp3) is 0.462. The molecule has 0 heterocycles. The Kier molecular flexibility index (Phi) is 5.22. The lowest BCUT2D eigenvalue weighted by Crippen LogP contribution is -2.40. The quantitative estimate of drug-likeness (QED) is 0.847. The maximum atomic E-state index is 13.4. The third kappa shape index (κ3) is 3.77. The molecule has 3 nitrogen and oxygen atoms in total. The zero-order chi connectivity index (χ0) is 13.7. The molecule has 0 bridgehead atoms. The molecular weight excluding hydrogens is 238 g/mol. The number of carbonyl (C=O) groups excluding carboxylic acids is 1. The van der Waals surface area contributed by atoms with Crippen molar-refractivity contribution in [3.05, 3.63) is 35.4 Å². The Morgan fingerprint density at radius 3 is 2.56 bits per heavy atom. The number of carbonyl (C=O) groups is 1. The summed E-state index contributed by atoms with van der Waals surface area (Å²) in [6, 6.07) is 2.78. The zero-order valence-electron chi connectivity index (χ0n) is 10.5. The first-order valence-electron chi connectivity index (χ1n) is 5.91. The molecule has 0 saturated carbocycles. The first kappa shape index (κ1) is 14.6. The van der Waals surface area contributed by atoms with Crippen LogP contribution in [-0.2, 0) is 0 Å². The predicted octanol–water partition coefficient (Wildman–Crippen LogP) is 2.07. The van der Waals surface area contributed by atoms with E-state index in [1.807, 2.05) is 13.8 Å². The van der Waals surface area contributed by atoms with Gasteiger partial charge < -0.3 is 11.1 Å². The summed E-state index contributed by atoms with van der Waals surface area (Å²) in [5, 5.41) is 2.71. The average molecular weight is 256 g/mol. The number of amides is 1. The Balaban J connectivity index is 2.80. The Hall–Kier alpha value is -1.49. The van der Waals surface area contributed by atoms with E-state index in [4.69, 9.17) is 5.73 Å². The molecule has 0 aliphatic rings. The van der Waals surface area contributed by atoms with E-state index in [1.54, 1.807) is 0 Å². The molecule has 0 radical (unpaired) electrons. The Morgan fingerprint density at radius 1 is 1.39 bits per heavy atom. The molecule has 3 N–H and O–H groups in total. The SMILES string of the molecule is CC(C)C(CCN)NC(=O)c1ccc(F)cc1F. The molecule has 0 aliphatic carbocycles. The number of halogens is 2. The van der Waals surface area contributed by atoms with Gasteiger partial charge in [0.25, 0.3) is 5.91 Å². The Labute approximate surface area is 105 Å². The molecule has 0 aliphatic heterocycles. The molecule has 1 rings (SSSR count). The van der Waals surface area contributed by atoms with Crippen LogP contribution < -0.4 is 11.1 Å². The summed E-state index contributed by atoms with van der Waals surface area (Å²) in [6.45, 7) is 4.33. The van der Waals surface area contributed by atoms with Crippen LogP contribution in [0.5, 0.6) is 0 Å². The highest BCUT2D eigenvalue weighted by atomic mass is 19.1. The first-order chi connectivity index (χ1) is 8.45. The minimum Gasteiger partial charge on any atom is -0.349 e. The Morgan fingerprint density at radius 2 is 2.06 bits per heavy atom. The number of rotatable bonds is 5. The van der Waals surface area contributed by atoms with Crippen LogP contribution in [0, 0.1) is 17.6 Å². The molecule has 1 amide bonds. The second-order valence-electron chi connectivity index (χ2n) is 4.53. The number of hydrogen-bond acceptors (Lipinski definition) is 2. The molecule has 100 valence electrons. The van der Waals surface area contributed by atoms with E-state index < -0.39 is 17.5 Å². The molecule has 5 heteroatoms. The third-order valence-corrected chi connectivity index (χ3v) is 2.77. The van der Waals surface area contributed by atoms with Crippen molar-refractivity contribution in [2.24, 2.45) is 11.7 Å². The molecule has 1 aromatic rings.